The number of hydrogen-bond acceptors (Lipinski definition) is 2. The minimum Gasteiger partial charge on any atom is -0.481 e. The van der Waals surface area contributed by atoms with Gasteiger partial charge in [0, 0.05) is 6.42 Å². The predicted octanol–water partition coefficient (Wildman–Crippen LogP) is 2.26. The van der Waals surface area contributed by atoms with E-state index < -0.39 is 16.8 Å². The van der Waals surface area contributed by atoms with Gasteiger partial charge in [-0.05, 0) is 12.8 Å². The number of carboxylic acid groups (broad SMARTS) is 2. The van der Waals surface area contributed by atoms with E-state index >= 15 is 0 Å². The van der Waals surface area contributed by atoms with Crippen LogP contribution < -0.4 is 0 Å². The number of aliphatic carboxylic acids is 2. The molecule has 0 fully saturated rings. The van der Waals surface area contributed by atoms with Crippen LogP contribution in [-0.2, 0) is 9.59 Å². The van der Waals surface area contributed by atoms with E-state index in [1.165, 1.54) is 0 Å². The van der Waals surface area contributed by atoms with Gasteiger partial charge in [0.1, 0.15) is 4.83 Å². The third-order valence-electron chi connectivity index (χ3n) is 1.87. The fourth-order valence-corrected chi connectivity index (χ4v) is 1.40. The molecule has 4 nitrogen and oxygen atoms in total. The Hall–Kier alpha value is -0.580. The van der Waals surface area contributed by atoms with Crippen LogP contribution in [-0.4, -0.2) is 27.0 Å². The Balaban J connectivity index is 3.21. The summed E-state index contributed by atoms with van der Waals surface area (Å²) in [5, 5.41) is 16.9. The van der Waals surface area contributed by atoms with Crippen LogP contribution in [0.15, 0.2) is 0 Å². The molecular formula is C9H15BrO4. The quantitative estimate of drug-likeness (QED) is 0.522. The van der Waals surface area contributed by atoms with E-state index in [9.17, 15) is 9.59 Å². The van der Waals surface area contributed by atoms with E-state index in [4.69, 9.17) is 10.2 Å². The Morgan fingerprint density at radius 3 is 2.14 bits per heavy atom. The second-order valence-electron chi connectivity index (χ2n) is 3.15. The highest BCUT2D eigenvalue weighted by molar-refractivity contribution is 9.10. The minimum atomic E-state index is -0.837. The maximum Gasteiger partial charge on any atom is 0.317 e. The van der Waals surface area contributed by atoms with E-state index in [2.05, 4.69) is 15.9 Å². The van der Waals surface area contributed by atoms with Crippen molar-refractivity contribution in [2.75, 3.05) is 0 Å². The average Bonchev–Trinajstić information content (AvgIpc) is 2.09. The maximum atomic E-state index is 10.4. The zero-order valence-corrected chi connectivity index (χ0v) is 9.49. The van der Waals surface area contributed by atoms with Crippen LogP contribution in [0.25, 0.3) is 0 Å². The first kappa shape index (κ1) is 13.4. The number of halogens is 1. The zero-order valence-electron chi connectivity index (χ0n) is 7.91. The molecule has 1 atom stereocenters. The summed E-state index contributed by atoms with van der Waals surface area (Å²) in [7, 11) is 0. The van der Waals surface area contributed by atoms with Gasteiger partial charge in [0.05, 0.1) is 0 Å². The lowest BCUT2D eigenvalue weighted by Gasteiger charge is -2.03. The molecule has 0 amide bonds. The molecule has 0 saturated heterocycles. The molecule has 1 unspecified atom stereocenters. The van der Waals surface area contributed by atoms with Crippen LogP contribution in [0.2, 0.25) is 0 Å². The van der Waals surface area contributed by atoms with Gasteiger partial charge in [0.25, 0.3) is 0 Å². The summed E-state index contributed by atoms with van der Waals surface area (Å²) < 4.78 is 0. The van der Waals surface area contributed by atoms with Crippen LogP contribution in [0, 0.1) is 0 Å². The maximum absolute atomic E-state index is 10.4. The Morgan fingerprint density at radius 2 is 1.64 bits per heavy atom. The van der Waals surface area contributed by atoms with Gasteiger partial charge in [-0.2, -0.15) is 0 Å². The molecule has 0 aromatic carbocycles. The van der Waals surface area contributed by atoms with Crippen molar-refractivity contribution >= 4 is 27.9 Å². The van der Waals surface area contributed by atoms with E-state index in [1.54, 1.807) is 0 Å². The van der Waals surface area contributed by atoms with Crippen molar-refractivity contribution in [3.8, 4) is 0 Å². The molecule has 0 spiro atoms. The summed E-state index contributed by atoms with van der Waals surface area (Å²) in [6, 6.07) is 0. The second-order valence-corrected chi connectivity index (χ2v) is 4.26. The summed E-state index contributed by atoms with van der Waals surface area (Å²) in [6.45, 7) is 0. The normalized spacial score (nSPS) is 12.4. The summed E-state index contributed by atoms with van der Waals surface area (Å²) >= 11 is 3.04. The molecule has 0 aliphatic heterocycles. The van der Waals surface area contributed by atoms with Crippen molar-refractivity contribution in [2.24, 2.45) is 0 Å². The van der Waals surface area contributed by atoms with Gasteiger partial charge in [-0.25, -0.2) is 0 Å². The number of carbonyl (C=O) groups is 2. The highest BCUT2D eigenvalue weighted by Crippen LogP contribution is 2.12. The lowest BCUT2D eigenvalue weighted by molar-refractivity contribution is -0.137. The van der Waals surface area contributed by atoms with E-state index in [-0.39, 0.29) is 6.42 Å². The Morgan fingerprint density at radius 1 is 1.07 bits per heavy atom. The predicted molar refractivity (Wildman–Crippen MR) is 55.7 cm³/mol. The molecule has 0 radical (unpaired) electrons. The Bertz CT molecular complexity index is 193. The molecule has 0 bridgehead atoms. The van der Waals surface area contributed by atoms with Crippen LogP contribution in [0.1, 0.15) is 38.5 Å². The van der Waals surface area contributed by atoms with E-state index in [0.717, 1.165) is 19.3 Å². The first-order valence-corrected chi connectivity index (χ1v) is 5.54. The summed E-state index contributed by atoms with van der Waals surface area (Å²) in [6.07, 6.45) is 4.05. The molecule has 0 aromatic heterocycles. The molecular weight excluding hydrogens is 252 g/mol. The lowest BCUT2D eigenvalue weighted by atomic mass is 10.1. The number of unbranched alkanes of at least 4 members (excludes halogenated alkanes) is 3. The van der Waals surface area contributed by atoms with Crippen molar-refractivity contribution in [1.29, 1.82) is 0 Å². The van der Waals surface area contributed by atoms with Crippen molar-refractivity contribution in [3.63, 3.8) is 0 Å². The molecule has 0 heterocycles. The van der Waals surface area contributed by atoms with Crippen molar-refractivity contribution in [3.05, 3.63) is 0 Å². The molecule has 14 heavy (non-hydrogen) atoms. The molecule has 82 valence electrons. The van der Waals surface area contributed by atoms with Crippen LogP contribution in [0.5, 0.6) is 0 Å². The third-order valence-corrected chi connectivity index (χ3v) is 2.72. The van der Waals surface area contributed by atoms with Gasteiger partial charge in [-0.15, -0.1) is 0 Å². The number of rotatable bonds is 8. The molecule has 0 aliphatic rings. The highest BCUT2D eigenvalue weighted by atomic mass is 79.9. The van der Waals surface area contributed by atoms with Crippen LogP contribution in [0.3, 0.4) is 0 Å². The topological polar surface area (TPSA) is 74.6 Å². The van der Waals surface area contributed by atoms with Crippen molar-refractivity contribution in [1.82, 2.24) is 0 Å². The minimum absolute atomic E-state index is 0.205. The van der Waals surface area contributed by atoms with Gasteiger partial charge in [-0.1, -0.05) is 35.2 Å². The zero-order chi connectivity index (χ0) is 11.0. The highest BCUT2D eigenvalue weighted by Gasteiger charge is 2.11. The van der Waals surface area contributed by atoms with Gasteiger partial charge in [-0.3, -0.25) is 9.59 Å². The molecule has 0 saturated carbocycles. The SMILES string of the molecule is O=C(O)CCCCCCC(Br)C(=O)O. The smallest absolute Gasteiger partial charge is 0.317 e. The first-order valence-electron chi connectivity index (χ1n) is 4.62. The molecule has 5 heteroatoms. The van der Waals surface area contributed by atoms with Crippen molar-refractivity contribution in [2.45, 2.75) is 43.4 Å². The fraction of sp³-hybridized carbons (Fsp3) is 0.778. The van der Waals surface area contributed by atoms with E-state index in [0.29, 0.717) is 12.8 Å². The fourth-order valence-electron chi connectivity index (χ4n) is 1.08. The monoisotopic (exact) mass is 266 g/mol. The number of hydrogen-bond donors (Lipinski definition) is 2. The Kier molecular flexibility index (Phi) is 7.47. The summed E-state index contributed by atoms with van der Waals surface area (Å²) in [5.41, 5.74) is 0. The molecule has 0 rings (SSSR count). The third kappa shape index (κ3) is 8.04. The molecule has 2 N–H and O–H groups in total. The van der Waals surface area contributed by atoms with Gasteiger partial charge in [0.15, 0.2) is 0 Å². The van der Waals surface area contributed by atoms with Crippen LogP contribution >= 0.6 is 15.9 Å². The first-order chi connectivity index (χ1) is 6.54. The average molecular weight is 267 g/mol. The van der Waals surface area contributed by atoms with E-state index in [1.807, 2.05) is 0 Å². The second kappa shape index (κ2) is 7.79. The lowest BCUT2D eigenvalue weighted by Crippen LogP contribution is -2.11. The number of carboxylic acids is 2. The summed E-state index contributed by atoms with van der Waals surface area (Å²) in [5.74, 6) is -1.61. The Labute approximate surface area is 91.4 Å². The van der Waals surface area contributed by atoms with Gasteiger partial charge < -0.3 is 10.2 Å². The largest absolute Gasteiger partial charge is 0.481 e. The number of alkyl halides is 1. The summed E-state index contributed by atoms with van der Waals surface area (Å²) in [4.78, 5) is 20.1. The van der Waals surface area contributed by atoms with Crippen LogP contribution in [0.4, 0.5) is 0 Å². The van der Waals surface area contributed by atoms with Gasteiger partial charge >= 0.3 is 11.9 Å². The van der Waals surface area contributed by atoms with Gasteiger partial charge in [0.2, 0.25) is 0 Å². The standard InChI is InChI=1S/C9H15BrO4/c10-7(9(13)14)5-3-1-2-4-6-8(11)12/h7H,1-6H2,(H,11,12)(H,13,14). The molecule has 0 aromatic rings. The molecule has 0 aliphatic carbocycles. The van der Waals surface area contributed by atoms with Crippen molar-refractivity contribution < 1.29 is 19.8 Å².